The minimum absolute atomic E-state index is 0.211. The molecule has 2 heterocycles. The molecule has 2 aromatic heterocycles. The normalized spacial score (nSPS) is 12.0. The fraction of sp³-hybridized carbons (Fsp3) is 0.417. The number of rotatable bonds is 2. The number of nitrogens with two attached hydrogens (primary N) is 1. The number of hydrogen-bond acceptors (Lipinski definition) is 4. The first kappa shape index (κ1) is 14.0. The lowest BCUT2D eigenvalue weighted by molar-refractivity contribution is -0.125. The van der Waals surface area contributed by atoms with E-state index < -0.39 is 11.4 Å². The number of fused-ring (bicyclic) bond motifs is 1. The number of primary amides is 1. The first-order valence-corrected chi connectivity index (χ1v) is 6.95. The van der Waals surface area contributed by atoms with Crippen LogP contribution in [0.1, 0.15) is 24.3 Å². The van der Waals surface area contributed by atoms with Gasteiger partial charge < -0.3 is 10.7 Å². The highest BCUT2D eigenvalue weighted by Crippen LogP contribution is 2.26. The van der Waals surface area contributed by atoms with E-state index in [4.69, 9.17) is 18.0 Å². The highest BCUT2D eigenvalue weighted by Gasteiger charge is 2.30. The van der Waals surface area contributed by atoms with Gasteiger partial charge in [0, 0.05) is 4.88 Å². The lowest BCUT2D eigenvalue weighted by Crippen LogP contribution is -2.47. The van der Waals surface area contributed by atoms with Gasteiger partial charge in [0.15, 0.2) is 4.77 Å². The van der Waals surface area contributed by atoms with Gasteiger partial charge in [-0.1, -0.05) is 0 Å². The van der Waals surface area contributed by atoms with Crippen LogP contribution in [0.5, 0.6) is 0 Å². The molecular weight excluding hydrogens is 282 g/mol. The molecule has 3 N–H and O–H groups in total. The van der Waals surface area contributed by atoms with Crippen LogP contribution in [0.15, 0.2) is 4.79 Å². The Morgan fingerprint density at radius 1 is 1.42 bits per heavy atom. The summed E-state index contributed by atoms with van der Waals surface area (Å²) in [5.74, 6) is -0.599. The Balaban J connectivity index is 3.00. The first-order chi connectivity index (χ1) is 8.67. The molecule has 0 radical (unpaired) electrons. The third kappa shape index (κ3) is 1.93. The molecule has 0 atom stereocenters. The average molecular weight is 297 g/mol. The van der Waals surface area contributed by atoms with E-state index in [2.05, 4.69) is 4.98 Å². The molecule has 7 heteroatoms. The van der Waals surface area contributed by atoms with Crippen molar-refractivity contribution in [3.05, 3.63) is 25.6 Å². The van der Waals surface area contributed by atoms with Crippen molar-refractivity contribution < 1.29 is 4.79 Å². The van der Waals surface area contributed by atoms with E-state index in [1.165, 1.54) is 15.9 Å². The number of nitrogens with one attached hydrogen (secondary N) is 1. The van der Waals surface area contributed by atoms with Crippen LogP contribution in [0.25, 0.3) is 10.2 Å². The van der Waals surface area contributed by atoms with Gasteiger partial charge in [-0.05, 0) is 45.5 Å². The van der Waals surface area contributed by atoms with Crippen LogP contribution in [0.2, 0.25) is 0 Å². The van der Waals surface area contributed by atoms with Gasteiger partial charge in [-0.25, -0.2) is 0 Å². The van der Waals surface area contributed by atoms with Crippen molar-refractivity contribution in [3.8, 4) is 0 Å². The maximum Gasteiger partial charge on any atom is 0.264 e. The Kier molecular flexibility index (Phi) is 3.14. The summed E-state index contributed by atoms with van der Waals surface area (Å²) in [5.41, 5.74) is 4.84. The second-order valence-corrected chi connectivity index (χ2v) is 6.59. The number of H-pyrrole nitrogens is 1. The number of carbonyl (C=O) groups excluding carboxylic acids is 1. The molecule has 0 aliphatic carbocycles. The third-order valence-corrected chi connectivity index (χ3v) is 4.80. The zero-order chi connectivity index (χ0) is 14.5. The molecule has 0 bridgehead atoms. The van der Waals surface area contributed by atoms with E-state index in [-0.39, 0.29) is 10.3 Å². The van der Waals surface area contributed by atoms with Gasteiger partial charge >= 0.3 is 0 Å². The number of hydrogen-bond donors (Lipinski definition) is 2. The molecule has 0 unspecified atom stereocenters. The summed E-state index contributed by atoms with van der Waals surface area (Å²) < 4.78 is 1.47. The van der Waals surface area contributed by atoms with Crippen LogP contribution in [0, 0.1) is 18.6 Å². The average Bonchev–Trinajstić information content (AvgIpc) is 2.53. The van der Waals surface area contributed by atoms with Crippen molar-refractivity contribution in [2.45, 2.75) is 33.2 Å². The van der Waals surface area contributed by atoms with Crippen LogP contribution >= 0.6 is 23.6 Å². The molecular formula is C12H15N3O2S2. The van der Waals surface area contributed by atoms with Gasteiger partial charge in [0.25, 0.3) is 5.56 Å². The summed E-state index contributed by atoms with van der Waals surface area (Å²) in [5, 5.41) is 0.574. The molecule has 1 amide bonds. The fourth-order valence-electron chi connectivity index (χ4n) is 1.95. The molecule has 0 aliphatic heterocycles. The van der Waals surface area contributed by atoms with E-state index in [9.17, 15) is 9.59 Å². The molecule has 5 nitrogen and oxygen atoms in total. The van der Waals surface area contributed by atoms with Gasteiger partial charge in [0.05, 0.1) is 5.39 Å². The first-order valence-electron chi connectivity index (χ1n) is 5.73. The largest absolute Gasteiger partial charge is 0.368 e. The summed E-state index contributed by atoms with van der Waals surface area (Å²) in [7, 11) is 0. The lowest BCUT2D eigenvalue weighted by Gasteiger charge is -2.23. The number of carbonyl (C=O) groups is 1. The Morgan fingerprint density at radius 2 is 2.00 bits per heavy atom. The van der Waals surface area contributed by atoms with E-state index in [0.717, 1.165) is 15.3 Å². The quantitative estimate of drug-likeness (QED) is 0.831. The predicted molar refractivity (Wildman–Crippen MR) is 79.3 cm³/mol. The molecule has 19 heavy (non-hydrogen) atoms. The molecule has 0 aliphatic rings. The highest BCUT2D eigenvalue weighted by molar-refractivity contribution is 7.71. The minimum Gasteiger partial charge on any atom is -0.368 e. The second kappa shape index (κ2) is 4.28. The van der Waals surface area contributed by atoms with Crippen molar-refractivity contribution in [1.82, 2.24) is 9.55 Å². The lowest BCUT2D eigenvalue weighted by atomic mass is 10.0. The minimum atomic E-state index is -1.17. The number of aromatic amines is 1. The van der Waals surface area contributed by atoms with Crippen molar-refractivity contribution in [2.24, 2.45) is 5.73 Å². The van der Waals surface area contributed by atoms with Gasteiger partial charge in [-0.15, -0.1) is 11.3 Å². The standard InChI is InChI=1S/C12H15N3O2S2/c1-5-6(2)19-8-7(5)9(16)15(11(18)14-8)12(3,4)10(13)17/h1-4H3,(H2,13,17)(H,14,18). The molecule has 0 aromatic carbocycles. The SMILES string of the molecule is Cc1sc2[nH]c(=S)n(C(C)(C)C(N)=O)c(=O)c2c1C. The van der Waals surface area contributed by atoms with Crippen LogP contribution in [-0.4, -0.2) is 15.5 Å². The van der Waals surface area contributed by atoms with Crippen molar-refractivity contribution in [2.75, 3.05) is 0 Å². The highest BCUT2D eigenvalue weighted by atomic mass is 32.1. The topological polar surface area (TPSA) is 80.9 Å². The van der Waals surface area contributed by atoms with Crippen LogP contribution < -0.4 is 11.3 Å². The predicted octanol–water partition coefficient (Wildman–Crippen LogP) is 1.96. The van der Waals surface area contributed by atoms with Crippen molar-refractivity contribution in [3.63, 3.8) is 0 Å². The fourth-order valence-corrected chi connectivity index (χ4v) is 3.48. The van der Waals surface area contributed by atoms with Gasteiger partial charge in [0.1, 0.15) is 10.4 Å². The van der Waals surface area contributed by atoms with E-state index in [1.807, 2.05) is 13.8 Å². The van der Waals surface area contributed by atoms with E-state index in [0.29, 0.717) is 5.39 Å². The number of amides is 1. The third-order valence-electron chi connectivity index (χ3n) is 3.39. The summed E-state index contributed by atoms with van der Waals surface area (Å²) in [6.45, 7) is 7.00. The summed E-state index contributed by atoms with van der Waals surface area (Å²) >= 11 is 6.68. The van der Waals surface area contributed by atoms with Crippen molar-refractivity contribution >= 4 is 39.7 Å². The molecule has 0 fully saturated rings. The maximum atomic E-state index is 12.6. The van der Waals surface area contributed by atoms with Crippen LogP contribution in [0.3, 0.4) is 0 Å². The summed E-state index contributed by atoms with van der Waals surface area (Å²) in [6, 6.07) is 0. The molecule has 2 rings (SSSR count). The zero-order valence-corrected chi connectivity index (χ0v) is 12.8. The smallest absolute Gasteiger partial charge is 0.264 e. The number of aromatic nitrogens is 2. The Morgan fingerprint density at radius 3 is 2.53 bits per heavy atom. The Hall–Kier alpha value is -1.47. The van der Waals surface area contributed by atoms with E-state index >= 15 is 0 Å². The number of nitrogens with zero attached hydrogens (tertiary/aromatic N) is 1. The van der Waals surface area contributed by atoms with Gasteiger partial charge in [-0.2, -0.15) is 0 Å². The van der Waals surface area contributed by atoms with E-state index in [1.54, 1.807) is 13.8 Å². The Labute approximate surface area is 119 Å². The number of aryl methyl sites for hydroxylation is 2. The zero-order valence-electron chi connectivity index (χ0n) is 11.2. The summed E-state index contributed by atoms with van der Waals surface area (Å²) in [4.78, 5) is 29.0. The molecule has 0 spiro atoms. The van der Waals surface area contributed by atoms with Crippen LogP contribution in [-0.2, 0) is 10.3 Å². The summed E-state index contributed by atoms with van der Waals surface area (Å²) in [6.07, 6.45) is 0. The molecule has 2 aromatic rings. The maximum absolute atomic E-state index is 12.6. The second-order valence-electron chi connectivity index (χ2n) is 4.98. The monoisotopic (exact) mass is 297 g/mol. The molecule has 102 valence electrons. The van der Waals surface area contributed by atoms with Crippen LogP contribution in [0.4, 0.5) is 0 Å². The van der Waals surface area contributed by atoms with Gasteiger partial charge in [0.2, 0.25) is 5.91 Å². The molecule has 0 saturated heterocycles. The van der Waals surface area contributed by atoms with Crippen molar-refractivity contribution in [1.29, 1.82) is 0 Å². The Bertz CT molecular complexity index is 796. The van der Waals surface area contributed by atoms with Gasteiger partial charge in [-0.3, -0.25) is 14.2 Å². The molecule has 0 saturated carbocycles. The number of thiophene rings is 1.